The van der Waals surface area contributed by atoms with Crippen molar-refractivity contribution in [1.82, 2.24) is 0 Å². The minimum absolute atomic E-state index is 0.302. The van der Waals surface area contributed by atoms with Gasteiger partial charge in [-0.2, -0.15) is 0 Å². The van der Waals surface area contributed by atoms with Crippen molar-refractivity contribution in [3.8, 4) is 0 Å². The first-order valence-electron chi connectivity index (χ1n) is 8.28. The molecule has 1 saturated carbocycles. The Hall–Kier alpha value is -0.660. The van der Waals surface area contributed by atoms with E-state index in [1.165, 1.54) is 25.7 Å². The van der Waals surface area contributed by atoms with E-state index in [0.29, 0.717) is 24.3 Å². The SMILES string of the molecule is CCCC1CCC(C2(C)CC=C(CC)C(F)=C2F)CC1. The molecule has 2 aliphatic carbocycles. The third-order valence-corrected chi connectivity index (χ3v) is 5.57. The van der Waals surface area contributed by atoms with Gasteiger partial charge < -0.3 is 0 Å². The van der Waals surface area contributed by atoms with Crippen LogP contribution in [0.3, 0.4) is 0 Å². The van der Waals surface area contributed by atoms with Gasteiger partial charge in [0, 0.05) is 5.41 Å². The summed E-state index contributed by atoms with van der Waals surface area (Å²) in [5, 5.41) is 0. The summed E-state index contributed by atoms with van der Waals surface area (Å²) < 4.78 is 28.7. The second-order valence-corrected chi connectivity index (χ2v) is 6.84. The Morgan fingerprint density at radius 3 is 2.35 bits per heavy atom. The van der Waals surface area contributed by atoms with E-state index in [2.05, 4.69) is 6.92 Å². The van der Waals surface area contributed by atoms with E-state index in [1.54, 1.807) is 0 Å². The Morgan fingerprint density at radius 2 is 1.80 bits per heavy atom. The van der Waals surface area contributed by atoms with Crippen LogP contribution in [-0.2, 0) is 0 Å². The van der Waals surface area contributed by atoms with Crippen molar-refractivity contribution >= 4 is 0 Å². The molecule has 0 aromatic heterocycles. The van der Waals surface area contributed by atoms with Crippen molar-refractivity contribution in [2.24, 2.45) is 17.3 Å². The first-order chi connectivity index (χ1) is 9.52. The Bertz CT molecular complexity index is 400. The molecular formula is C18H28F2. The summed E-state index contributed by atoms with van der Waals surface area (Å²) in [6.07, 6.45) is 10.2. The standard InChI is InChI=1S/C18H28F2/c1-4-6-13-7-9-15(10-8-13)18(3)12-11-14(5-2)16(19)17(18)20/h11,13,15H,4-10,12H2,1-3H3. The number of allylic oxidation sites excluding steroid dienone is 4. The van der Waals surface area contributed by atoms with Crippen LogP contribution in [0.25, 0.3) is 0 Å². The van der Waals surface area contributed by atoms with Gasteiger partial charge in [-0.3, -0.25) is 0 Å². The van der Waals surface area contributed by atoms with Crippen molar-refractivity contribution in [1.29, 1.82) is 0 Å². The maximum Gasteiger partial charge on any atom is 0.158 e. The van der Waals surface area contributed by atoms with Gasteiger partial charge in [-0.25, -0.2) is 8.78 Å². The van der Waals surface area contributed by atoms with Gasteiger partial charge in [-0.05, 0) is 43.1 Å². The molecule has 2 aliphatic rings. The largest absolute Gasteiger partial charge is 0.208 e. The first kappa shape index (κ1) is 15.7. The molecule has 1 fully saturated rings. The quantitative estimate of drug-likeness (QED) is 0.553. The highest BCUT2D eigenvalue weighted by molar-refractivity contribution is 5.35. The van der Waals surface area contributed by atoms with Gasteiger partial charge in [-0.1, -0.05) is 52.5 Å². The van der Waals surface area contributed by atoms with Crippen LogP contribution in [0.4, 0.5) is 8.78 Å². The maximum atomic E-state index is 14.6. The average Bonchev–Trinajstić information content (AvgIpc) is 2.46. The highest BCUT2D eigenvalue weighted by Gasteiger charge is 2.43. The lowest BCUT2D eigenvalue weighted by atomic mass is 9.63. The van der Waals surface area contributed by atoms with E-state index < -0.39 is 17.1 Å². The molecule has 2 rings (SSSR count). The monoisotopic (exact) mass is 282 g/mol. The summed E-state index contributed by atoms with van der Waals surface area (Å²) in [6.45, 7) is 6.04. The molecule has 20 heavy (non-hydrogen) atoms. The molecule has 0 heterocycles. The van der Waals surface area contributed by atoms with Crippen molar-refractivity contribution in [3.63, 3.8) is 0 Å². The van der Waals surface area contributed by atoms with Gasteiger partial charge in [-0.15, -0.1) is 0 Å². The summed E-state index contributed by atoms with van der Waals surface area (Å²) in [5.74, 6) is 0.0609. The molecule has 1 atom stereocenters. The number of hydrogen-bond donors (Lipinski definition) is 0. The third-order valence-electron chi connectivity index (χ3n) is 5.57. The molecule has 0 aromatic carbocycles. The minimum atomic E-state index is -0.597. The van der Waals surface area contributed by atoms with Gasteiger partial charge in [0.15, 0.2) is 5.83 Å². The van der Waals surface area contributed by atoms with E-state index in [1.807, 2.05) is 19.9 Å². The van der Waals surface area contributed by atoms with Crippen molar-refractivity contribution in [3.05, 3.63) is 23.3 Å². The molecule has 2 heteroatoms. The van der Waals surface area contributed by atoms with Crippen LogP contribution in [-0.4, -0.2) is 0 Å². The lowest BCUT2D eigenvalue weighted by Crippen LogP contribution is -2.33. The topological polar surface area (TPSA) is 0 Å². The van der Waals surface area contributed by atoms with Gasteiger partial charge in [0.25, 0.3) is 0 Å². The second-order valence-electron chi connectivity index (χ2n) is 6.84. The zero-order valence-electron chi connectivity index (χ0n) is 13.1. The Morgan fingerprint density at radius 1 is 1.15 bits per heavy atom. The Labute approximate surface area is 122 Å². The van der Waals surface area contributed by atoms with Crippen LogP contribution in [0.2, 0.25) is 0 Å². The first-order valence-corrected chi connectivity index (χ1v) is 8.28. The van der Waals surface area contributed by atoms with Gasteiger partial charge in [0.1, 0.15) is 5.83 Å². The van der Waals surface area contributed by atoms with Crippen molar-refractivity contribution in [2.75, 3.05) is 0 Å². The summed E-state index contributed by atoms with van der Waals surface area (Å²) in [5.41, 5.74) is -0.0421. The van der Waals surface area contributed by atoms with Crippen LogP contribution in [0.15, 0.2) is 23.3 Å². The summed E-state index contributed by atoms with van der Waals surface area (Å²) >= 11 is 0. The fourth-order valence-corrected chi connectivity index (χ4v) is 4.05. The summed E-state index contributed by atoms with van der Waals surface area (Å²) in [6, 6.07) is 0. The van der Waals surface area contributed by atoms with Crippen LogP contribution >= 0.6 is 0 Å². The normalized spacial score (nSPS) is 35.1. The predicted octanol–water partition coefficient (Wildman–Crippen LogP) is 6.49. The van der Waals surface area contributed by atoms with Crippen LogP contribution < -0.4 is 0 Å². The predicted molar refractivity (Wildman–Crippen MR) is 80.7 cm³/mol. The van der Waals surface area contributed by atoms with Crippen molar-refractivity contribution < 1.29 is 8.78 Å². The van der Waals surface area contributed by atoms with Crippen LogP contribution in [0.5, 0.6) is 0 Å². The average molecular weight is 282 g/mol. The maximum absolute atomic E-state index is 14.6. The zero-order valence-corrected chi connectivity index (χ0v) is 13.1. The van der Waals surface area contributed by atoms with E-state index in [4.69, 9.17) is 0 Å². The molecular weight excluding hydrogens is 254 g/mol. The van der Waals surface area contributed by atoms with Gasteiger partial charge in [0.05, 0.1) is 0 Å². The van der Waals surface area contributed by atoms with E-state index in [9.17, 15) is 8.78 Å². The van der Waals surface area contributed by atoms with E-state index >= 15 is 0 Å². The minimum Gasteiger partial charge on any atom is -0.208 e. The molecule has 1 unspecified atom stereocenters. The molecule has 0 amide bonds. The number of halogens is 2. The number of rotatable bonds is 4. The Balaban J connectivity index is 2.08. The van der Waals surface area contributed by atoms with E-state index in [-0.39, 0.29) is 0 Å². The molecule has 0 nitrogen and oxygen atoms in total. The lowest BCUT2D eigenvalue weighted by Gasteiger charge is -2.42. The fraction of sp³-hybridized carbons (Fsp3) is 0.778. The molecule has 0 saturated heterocycles. The van der Waals surface area contributed by atoms with Crippen molar-refractivity contribution in [2.45, 2.75) is 72.1 Å². The summed E-state index contributed by atoms with van der Waals surface area (Å²) in [4.78, 5) is 0. The number of hydrogen-bond acceptors (Lipinski definition) is 0. The molecule has 114 valence electrons. The fourth-order valence-electron chi connectivity index (χ4n) is 4.05. The van der Waals surface area contributed by atoms with Gasteiger partial charge >= 0.3 is 0 Å². The molecule has 0 bridgehead atoms. The Kier molecular flexibility index (Phi) is 5.04. The smallest absolute Gasteiger partial charge is 0.158 e. The zero-order chi connectivity index (χ0) is 14.8. The van der Waals surface area contributed by atoms with Crippen LogP contribution in [0, 0.1) is 17.3 Å². The molecule has 0 aromatic rings. The molecule has 0 radical (unpaired) electrons. The second kappa shape index (κ2) is 6.41. The van der Waals surface area contributed by atoms with Gasteiger partial charge in [0.2, 0.25) is 0 Å². The lowest BCUT2D eigenvalue weighted by molar-refractivity contribution is 0.117. The highest BCUT2D eigenvalue weighted by Crippen LogP contribution is 2.52. The molecule has 0 N–H and O–H groups in total. The third kappa shape index (κ3) is 2.84. The van der Waals surface area contributed by atoms with E-state index in [0.717, 1.165) is 18.8 Å². The summed E-state index contributed by atoms with van der Waals surface area (Å²) in [7, 11) is 0. The highest BCUT2D eigenvalue weighted by atomic mass is 19.2. The molecule has 0 aliphatic heterocycles. The molecule has 0 spiro atoms. The van der Waals surface area contributed by atoms with Crippen LogP contribution in [0.1, 0.15) is 72.1 Å².